The fourth-order valence-corrected chi connectivity index (χ4v) is 2.65. The summed E-state index contributed by atoms with van der Waals surface area (Å²) < 4.78 is 7.42. The van der Waals surface area contributed by atoms with Gasteiger partial charge in [-0.1, -0.05) is 25.6 Å². The molecule has 0 fully saturated rings. The molecule has 1 N–H and O–H groups in total. The van der Waals surface area contributed by atoms with Gasteiger partial charge in [0.2, 0.25) is 0 Å². The Morgan fingerprint density at radius 1 is 1.43 bits per heavy atom. The molecule has 2 rings (SSSR count). The summed E-state index contributed by atoms with van der Waals surface area (Å²) in [6.45, 7) is 4.11. The predicted octanol–water partition coefficient (Wildman–Crippen LogP) is 2.62. The molecule has 0 aliphatic carbocycles. The number of carbonyl (C=O) groups excluding carboxylic acids is 1. The van der Waals surface area contributed by atoms with Crippen molar-refractivity contribution in [3.8, 4) is 0 Å². The maximum Gasteiger partial charge on any atom is 0.287 e. The molecule has 0 aliphatic rings. The standard InChI is InChI=1S/C14H20N4O2S/c1-4-10(5-2)16-13(19)12-7-6-11(20-12)8-21-14-17-15-9-18(14)3/h6-7,9-10H,4-5,8H2,1-3H3,(H,16,19). The molecule has 2 aromatic rings. The van der Waals surface area contributed by atoms with Crippen LogP contribution in [-0.2, 0) is 12.8 Å². The summed E-state index contributed by atoms with van der Waals surface area (Å²) in [5.74, 6) is 1.57. The summed E-state index contributed by atoms with van der Waals surface area (Å²) in [5, 5.41) is 11.6. The van der Waals surface area contributed by atoms with E-state index in [1.807, 2.05) is 17.7 Å². The van der Waals surface area contributed by atoms with E-state index in [1.54, 1.807) is 12.4 Å². The molecule has 2 aromatic heterocycles. The van der Waals surface area contributed by atoms with Crippen molar-refractivity contribution >= 4 is 17.7 Å². The van der Waals surface area contributed by atoms with Crippen LogP contribution >= 0.6 is 11.8 Å². The van der Waals surface area contributed by atoms with Crippen LogP contribution in [0.2, 0.25) is 0 Å². The van der Waals surface area contributed by atoms with Gasteiger partial charge in [-0.3, -0.25) is 4.79 Å². The normalized spacial score (nSPS) is 11.0. The lowest BCUT2D eigenvalue weighted by molar-refractivity contribution is 0.0905. The van der Waals surface area contributed by atoms with Crippen LogP contribution in [0.5, 0.6) is 0 Å². The third-order valence-corrected chi connectivity index (χ3v) is 4.28. The Balaban J connectivity index is 1.92. The zero-order valence-electron chi connectivity index (χ0n) is 12.5. The highest BCUT2D eigenvalue weighted by molar-refractivity contribution is 7.98. The van der Waals surface area contributed by atoms with Gasteiger partial charge in [0.05, 0.1) is 5.75 Å². The number of aromatic nitrogens is 3. The zero-order valence-corrected chi connectivity index (χ0v) is 13.3. The van der Waals surface area contributed by atoms with Crippen LogP contribution in [-0.4, -0.2) is 26.7 Å². The van der Waals surface area contributed by atoms with E-state index in [-0.39, 0.29) is 11.9 Å². The molecule has 7 heteroatoms. The fraction of sp³-hybridized carbons (Fsp3) is 0.500. The Morgan fingerprint density at radius 2 is 2.19 bits per heavy atom. The predicted molar refractivity (Wildman–Crippen MR) is 81.1 cm³/mol. The lowest BCUT2D eigenvalue weighted by atomic mass is 10.2. The molecule has 0 bridgehead atoms. The Bertz CT molecular complexity index is 589. The number of thioether (sulfide) groups is 1. The first-order valence-corrected chi connectivity index (χ1v) is 7.99. The Hall–Kier alpha value is -1.76. The van der Waals surface area contributed by atoms with Gasteiger partial charge in [0.15, 0.2) is 10.9 Å². The summed E-state index contributed by atoms with van der Waals surface area (Å²) >= 11 is 1.52. The average Bonchev–Trinajstić information content (AvgIpc) is 3.11. The largest absolute Gasteiger partial charge is 0.455 e. The minimum atomic E-state index is -0.154. The molecule has 0 unspecified atom stereocenters. The van der Waals surface area contributed by atoms with Gasteiger partial charge in [0.1, 0.15) is 12.1 Å². The molecule has 0 aromatic carbocycles. The number of hydrogen-bond donors (Lipinski definition) is 1. The fourth-order valence-electron chi connectivity index (χ4n) is 1.87. The van der Waals surface area contributed by atoms with Crippen molar-refractivity contribution in [2.45, 2.75) is 43.6 Å². The number of carbonyl (C=O) groups is 1. The van der Waals surface area contributed by atoms with E-state index in [0.717, 1.165) is 23.8 Å². The summed E-state index contributed by atoms with van der Waals surface area (Å²) in [6.07, 6.45) is 3.48. The van der Waals surface area contributed by atoms with Crippen molar-refractivity contribution in [1.82, 2.24) is 20.1 Å². The number of nitrogens with zero attached hydrogens (tertiary/aromatic N) is 3. The van der Waals surface area contributed by atoms with Crippen molar-refractivity contribution in [2.24, 2.45) is 7.05 Å². The quantitative estimate of drug-likeness (QED) is 0.796. The second-order valence-electron chi connectivity index (χ2n) is 4.77. The molecule has 0 spiro atoms. The highest BCUT2D eigenvalue weighted by atomic mass is 32.2. The lowest BCUT2D eigenvalue weighted by Gasteiger charge is -2.13. The van der Waals surface area contributed by atoms with Crippen molar-refractivity contribution < 1.29 is 9.21 Å². The second kappa shape index (κ2) is 7.31. The highest BCUT2D eigenvalue weighted by Crippen LogP contribution is 2.21. The number of aryl methyl sites for hydroxylation is 1. The van der Waals surface area contributed by atoms with Crippen LogP contribution in [0.1, 0.15) is 43.0 Å². The smallest absolute Gasteiger partial charge is 0.287 e. The molecule has 0 saturated heterocycles. The lowest BCUT2D eigenvalue weighted by Crippen LogP contribution is -2.33. The highest BCUT2D eigenvalue weighted by Gasteiger charge is 2.15. The van der Waals surface area contributed by atoms with Crippen molar-refractivity contribution in [1.29, 1.82) is 0 Å². The monoisotopic (exact) mass is 308 g/mol. The summed E-state index contributed by atoms with van der Waals surface area (Å²) in [7, 11) is 1.89. The third kappa shape index (κ3) is 4.10. The van der Waals surface area contributed by atoms with E-state index in [1.165, 1.54) is 11.8 Å². The van der Waals surface area contributed by atoms with Gasteiger partial charge >= 0.3 is 0 Å². The van der Waals surface area contributed by atoms with Crippen LogP contribution in [0.25, 0.3) is 0 Å². The van der Waals surface area contributed by atoms with Gasteiger partial charge in [0, 0.05) is 13.1 Å². The number of rotatable bonds is 7. The van der Waals surface area contributed by atoms with Gasteiger partial charge in [-0.15, -0.1) is 10.2 Å². The maximum atomic E-state index is 12.0. The number of furan rings is 1. The molecular weight excluding hydrogens is 288 g/mol. The number of amides is 1. The van der Waals surface area contributed by atoms with Crippen LogP contribution in [0, 0.1) is 0 Å². The maximum absolute atomic E-state index is 12.0. The summed E-state index contributed by atoms with van der Waals surface area (Å²) in [5.41, 5.74) is 0. The van der Waals surface area contributed by atoms with Gasteiger partial charge in [0.25, 0.3) is 5.91 Å². The molecule has 1 amide bonds. The molecule has 114 valence electrons. The Labute approximate surface area is 128 Å². The molecule has 21 heavy (non-hydrogen) atoms. The average molecular weight is 308 g/mol. The molecular formula is C14H20N4O2S. The van der Waals surface area contributed by atoms with Crippen LogP contribution < -0.4 is 5.32 Å². The first-order valence-electron chi connectivity index (χ1n) is 7.00. The van der Waals surface area contributed by atoms with E-state index >= 15 is 0 Å². The minimum absolute atomic E-state index is 0.154. The first kappa shape index (κ1) is 15.6. The third-order valence-electron chi connectivity index (χ3n) is 3.22. The second-order valence-corrected chi connectivity index (χ2v) is 5.71. The van der Waals surface area contributed by atoms with Gasteiger partial charge < -0.3 is 14.3 Å². The van der Waals surface area contributed by atoms with Crippen LogP contribution in [0.4, 0.5) is 0 Å². The number of nitrogens with one attached hydrogen (secondary N) is 1. The van der Waals surface area contributed by atoms with Gasteiger partial charge in [-0.25, -0.2) is 0 Å². The van der Waals surface area contributed by atoms with Crippen molar-refractivity contribution in [3.05, 3.63) is 30.0 Å². The van der Waals surface area contributed by atoms with Crippen LogP contribution in [0.15, 0.2) is 28.0 Å². The SMILES string of the molecule is CCC(CC)NC(=O)c1ccc(CSc2nncn2C)o1. The van der Waals surface area contributed by atoms with Crippen molar-refractivity contribution in [2.75, 3.05) is 0 Å². The van der Waals surface area contributed by atoms with E-state index < -0.39 is 0 Å². The topological polar surface area (TPSA) is 73.0 Å². The van der Waals surface area contributed by atoms with Gasteiger partial charge in [-0.05, 0) is 25.0 Å². The van der Waals surface area contributed by atoms with Crippen molar-refractivity contribution in [3.63, 3.8) is 0 Å². The molecule has 0 aliphatic heterocycles. The minimum Gasteiger partial charge on any atom is -0.455 e. The molecule has 0 saturated carbocycles. The zero-order chi connectivity index (χ0) is 15.2. The van der Waals surface area contributed by atoms with E-state index in [4.69, 9.17) is 4.42 Å². The van der Waals surface area contributed by atoms with Gasteiger partial charge in [-0.2, -0.15) is 0 Å². The van der Waals surface area contributed by atoms with E-state index in [9.17, 15) is 4.79 Å². The Kier molecular flexibility index (Phi) is 5.44. The first-order chi connectivity index (χ1) is 10.1. The van der Waals surface area contributed by atoms with E-state index in [0.29, 0.717) is 11.5 Å². The summed E-state index contributed by atoms with van der Waals surface area (Å²) in [4.78, 5) is 12.0. The van der Waals surface area contributed by atoms with E-state index in [2.05, 4.69) is 29.4 Å². The summed E-state index contributed by atoms with van der Waals surface area (Å²) in [6, 6.07) is 3.73. The Morgan fingerprint density at radius 3 is 2.81 bits per heavy atom. The van der Waals surface area contributed by atoms with Crippen LogP contribution in [0.3, 0.4) is 0 Å². The molecule has 6 nitrogen and oxygen atoms in total. The molecule has 0 atom stereocenters. The molecule has 2 heterocycles. The number of hydrogen-bond acceptors (Lipinski definition) is 5. The molecule has 0 radical (unpaired) electrons.